The summed E-state index contributed by atoms with van der Waals surface area (Å²) >= 11 is 0. The van der Waals surface area contributed by atoms with Gasteiger partial charge in [-0.2, -0.15) is 5.10 Å². The summed E-state index contributed by atoms with van der Waals surface area (Å²) in [5.74, 6) is 0. The molecule has 2 heterocycles. The summed E-state index contributed by atoms with van der Waals surface area (Å²) in [6.45, 7) is 2.32. The van der Waals surface area contributed by atoms with Crippen LogP contribution in [0.2, 0.25) is 0 Å². The molecule has 0 saturated carbocycles. The number of hydrogen-bond donors (Lipinski definition) is 0. The zero-order chi connectivity index (χ0) is 12.5. The minimum absolute atomic E-state index is 1.15. The molecular weight excluding hydrogens is 222 g/mol. The predicted octanol–water partition coefficient (Wildman–Crippen LogP) is 2.12. The van der Waals surface area contributed by atoms with Gasteiger partial charge >= 0.3 is 0 Å². The largest absolute Gasteiger partial charge is 0.306 e. The van der Waals surface area contributed by atoms with Crippen LogP contribution in [-0.4, -0.2) is 34.8 Å². The lowest BCUT2D eigenvalue weighted by molar-refractivity contribution is 0.352. The number of nitrogens with zero attached hydrogens (tertiary/aromatic N) is 3. The first kappa shape index (κ1) is 11.5. The van der Waals surface area contributed by atoms with Crippen LogP contribution in [0.4, 0.5) is 0 Å². The number of hydrogen-bond acceptors (Lipinski definition) is 2. The number of fused-ring (bicyclic) bond motifs is 1. The Balaban J connectivity index is 1.99. The molecule has 3 heteroatoms. The molecule has 0 N–H and O–H groups in total. The predicted molar refractivity (Wildman–Crippen MR) is 73.5 cm³/mol. The maximum Gasteiger partial charge on any atom is 0.0678 e. The smallest absolute Gasteiger partial charge is 0.0678 e. The molecule has 18 heavy (non-hydrogen) atoms. The van der Waals surface area contributed by atoms with Crippen molar-refractivity contribution < 1.29 is 0 Å². The van der Waals surface area contributed by atoms with E-state index in [9.17, 15) is 0 Å². The molecule has 1 aliphatic heterocycles. The first-order valence-corrected chi connectivity index (χ1v) is 6.53. The van der Waals surface area contributed by atoms with Crippen molar-refractivity contribution in [3.63, 3.8) is 0 Å². The van der Waals surface area contributed by atoms with Crippen LogP contribution in [0.15, 0.2) is 30.5 Å². The second kappa shape index (κ2) is 4.58. The van der Waals surface area contributed by atoms with E-state index in [0.717, 1.165) is 25.9 Å². The van der Waals surface area contributed by atoms with Crippen molar-refractivity contribution in [2.75, 3.05) is 20.1 Å². The van der Waals surface area contributed by atoms with E-state index in [1.165, 1.54) is 22.4 Å². The Labute approximate surface area is 108 Å². The molecule has 0 fully saturated rings. The molecule has 0 saturated heterocycles. The highest BCUT2D eigenvalue weighted by Gasteiger charge is 2.12. The van der Waals surface area contributed by atoms with Crippen LogP contribution in [0.1, 0.15) is 11.1 Å². The molecule has 0 spiro atoms. The molecule has 0 aliphatic carbocycles. The number of likely N-dealkylation sites (N-methyl/N-ethyl adjacent to an activating group) is 1. The Morgan fingerprint density at radius 2 is 1.78 bits per heavy atom. The fourth-order valence-electron chi connectivity index (χ4n) is 2.65. The molecule has 1 aromatic heterocycles. The highest BCUT2D eigenvalue weighted by Crippen LogP contribution is 2.24. The van der Waals surface area contributed by atoms with Crippen molar-refractivity contribution in [1.29, 1.82) is 0 Å². The maximum atomic E-state index is 4.24. The number of benzene rings is 1. The van der Waals surface area contributed by atoms with Crippen molar-refractivity contribution in [3.05, 3.63) is 41.6 Å². The van der Waals surface area contributed by atoms with Gasteiger partial charge in [-0.05, 0) is 43.1 Å². The summed E-state index contributed by atoms with van der Waals surface area (Å²) in [5, 5.41) is 4.24. The van der Waals surface area contributed by atoms with Gasteiger partial charge in [0.15, 0.2) is 0 Å². The van der Waals surface area contributed by atoms with Crippen LogP contribution in [0, 0.1) is 0 Å². The van der Waals surface area contributed by atoms with Gasteiger partial charge in [0.1, 0.15) is 0 Å². The Morgan fingerprint density at radius 1 is 1.00 bits per heavy atom. The molecule has 3 rings (SSSR count). The molecule has 0 radical (unpaired) electrons. The van der Waals surface area contributed by atoms with E-state index >= 15 is 0 Å². The summed E-state index contributed by atoms with van der Waals surface area (Å²) in [7, 11) is 4.20. The molecule has 94 valence electrons. The van der Waals surface area contributed by atoms with E-state index < -0.39 is 0 Å². The zero-order valence-corrected chi connectivity index (χ0v) is 11.1. The monoisotopic (exact) mass is 241 g/mol. The molecule has 2 aromatic rings. The summed E-state index contributed by atoms with van der Waals surface area (Å²) in [6.07, 6.45) is 4.17. The lowest BCUT2D eigenvalue weighted by atomic mass is 9.99. The molecule has 3 nitrogen and oxygen atoms in total. The first-order chi connectivity index (χ1) is 8.74. The van der Waals surface area contributed by atoms with Gasteiger partial charge in [0.05, 0.1) is 5.69 Å². The minimum Gasteiger partial charge on any atom is -0.306 e. The second-order valence-electron chi connectivity index (χ2n) is 5.13. The normalized spacial score (nSPS) is 16.3. The van der Waals surface area contributed by atoms with Crippen LogP contribution in [-0.2, 0) is 19.9 Å². The van der Waals surface area contributed by atoms with Gasteiger partial charge in [-0.3, -0.25) is 4.68 Å². The molecule has 1 aromatic carbocycles. The van der Waals surface area contributed by atoms with Gasteiger partial charge in [0.2, 0.25) is 0 Å². The van der Waals surface area contributed by atoms with Crippen molar-refractivity contribution in [1.82, 2.24) is 14.7 Å². The third-order valence-electron chi connectivity index (χ3n) is 3.85. The highest BCUT2D eigenvalue weighted by atomic mass is 15.3. The fraction of sp³-hybridized carbons (Fsp3) is 0.400. The molecule has 0 amide bonds. The van der Waals surface area contributed by atoms with Crippen LogP contribution >= 0.6 is 0 Å². The molecule has 0 atom stereocenters. The van der Waals surface area contributed by atoms with E-state index in [0.29, 0.717) is 0 Å². The van der Waals surface area contributed by atoms with Crippen molar-refractivity contribution in [2.45, 2.75) is 12.8 Å². The average Bonchev–Trinajstić information content (AvgIpc) is 2.71. The summed E-state index contributed by atoms with van der Waals surface area (Å²) in [4.78, 5) is 2.41. The third-order valence-corrected chi connectivity index (χ3v) is 3.85. The number of rotatable bonds is 1. The SMILES string of the molecule is CN1CCc2ccc(-c3ccnn3C)cc2CC1. The van der Waals surface area contributed by atoms with E-state index in [4.69, 9.17) is 0 Å². The standard InChI is InChI=1S/C15H19N3/c1-17-9-6-12-3-4-14(11-13(12)7-10-17)15-5-8-16-18(15)2/h3-5,8,11H,6-7,9-10H2,1-2H3. The first-order valence-electron chi connectivity index (χ1n) is 6.53. The van der Waals surface area contributed by atoms with E-state index in [-0.39, 0.29) is 0 Å². The second-order valence-corrected chi connectivity index (χ2v) is 5.13. The molecular formula is C15H19N3. The quantitative estimate of drug-likeness (QED) is 0.762. The minimum atomic E-state index is 1.15. The van der Waals surface area contributed by atoms with E-state index in [1.54, 1.807) is 0 Å². The Hall–Kier alpha value is -1.61. The molecule has 0 bridgehead atoms. The Bertz CT molecular complexity index is 557. The maximum absolute atomic E-state index is 4.24. The average molecular weight is 241 g/mol. The van der Waals surface area contributed by atoms with Gasteiger partial charge in [0.25, 0.3) is 0 Å². The lowest BCUT2D eigenvalue weighted by Gasteiger charge is -2.10. The summed E-state index contributed by atoms with van der Waals surface area (Å²) in [5.41, 5.74) is 5.47. The molecule has 0 unspecified atom stereocenters. The third kappa shape index (κ3) is 2.06. The fourth-order valence-corrected chi connectivity index (χ4v) is 2.65. The van der Waals surface area contributed by atoms with Crippen LogP contribution in [0.3, 0.4) is 0 Å². The van der Waals surface area contributed by atoms with E-state index in [1.807, 2.05) is 17.9 Å². The van der Waals surface area contributed by atoms with Gasteiger partial charge < -0.3 is 4.90 Å². The summed E-state index contributed by atoms with van der Waals surface area (Å²) in [6, 6.07) is 8.92. The van der Waals surface area contributed by atoms with Crippen LogP contribution < -0.4 is 0 Å². The Kier molecular flexibility index (Phi) is 2.92. The van der Waals surface area contributed by atoms with Gasteiger partial charge in [-0.15, -0.1) is 0 Å². The van der Waals surface area contributed by atoms with Gasteiger partial charge in [-0.25, -0.2) is 0 Å². The number of aromatic nitrogens is 2. The van der Waals surface area contributed by atoms with Crippen molar-refractivity contribution >= 4 is 0 Å². The highest BCUT2D eigenvalue weighted by molar-refractivity contribution is 5.61. The van der Waals surface area contributed by atoms with E-state index in [2.05, 4.69) is 41.3 Å². The topological polar surface area (TPSA) is 21.1 Å². The number of aryl methyl sites for hydroxylation is 1. The van der Waals surface area contributed by atoms with Crippen LogP contribution in [0.5, 0.6) is 0 Å². The van der Waals surface area contributed by atoms with Crippen molar-refractivity contribution in [3.8, 4) is 11.3 Å². The lowest BCUT2D eigenvalue weighted by Crippen LogP contribution is -2.20. The van der Waals surface area contributed by atoms with Crippen molar-refractivity contribution in [2.24, 2.45) is 7.05 Å². The molecule has 1 aliphatic rings. The Morgan fingerprint density at radius 3 is 2.50 bits per heavy atom. The van der Waals surface area contributed by atoms with Gasteiger partial charge in [-0.1, -0.05) is 12.1 Å². The summed E-state index contributed by atoms with van der Waals surface area (Å²) < 4.78 is 1.94. The van der Waals surface area contributed by atoms with Gasteiger partial charge in [0, 0.05) is 31.9 Å². The zero-order valence-electron chi connectivity index (χ0n) is 11.1. The van der Waals surface area contributed by atoms with Crippen LogP contribution in [0.25, 0.3) is 11.3 Å².